The summed E-state index contributed by atoms with van der Waals surface area (Å²) >= 11 is 0. The van der Waals surface area contributed by atoms with Crippen LogP contribution in [0.15, 0.2) is 60.0 Å². The van der Waals surface area contributed by atoms with Gasteiger partial charge in [-0.3, -0.25) is 18.7 Å². The fraction of sp³-hybridized carbons (Fsp3) is 0.267. The van der Waals surface area contributed by atoms with Gasteiger partial charge in [-0.05, 0) is 50.3 Å². The van der Waals surface area contributed by atoms with Crippen LogP contribution < -0.4 is 20.6 Å². The number of hydrogen-bond donors (Lipinski definition) is 1. The van der Waals surface area contributed by atoms with Gasteiger partial charge in [0.2, 0.25) is 15.9 Å². The molecule has 2 aromatic carbocycles. The highest BCUT2D eigenvalue weighted by atomic mass is 32.2. The molecule has 230 valence electrons. The van der Waals surface area contributed by atoms with Gasteiger partial charge in [0, 0.05) is 61.1 Å². The number of anilines is 3. The van der Waals surface area contributed by atoms with E-state index in [1.165, 1.54) is 43.6 Å². The Bertz CT molecular complexity index is 1980. The molecule has 1 aliphatic rings. The van der Waals surface area contributed by atoms with E-state index in [2.05, 4.69) is 16.5 Å². The number of halogens is 2. The predicted octanol–water partition coefficient (Wildman–Crippen LogP) is 3.24. The number of aryl methyl sites for hydroxylation is 1. The van der Waals surface area contributed by atoms with Gasteiger partial charge < -0.3 is 15.5 Å². The highest BCUT2D eigenvalue weighted by Gasteiger charge is 2.31. The van der Waals surface area contributed by atoms with Crippen LogP contribution in [0.3, 0.4) is 0 Å². The number of carbonyl (C=O) groups is 1. The summed E-state index contributed by atoms with van der Waals surface area (Å²) in [5.41, 5.74) is 5.50. The minimum absolute atomic E-state index is 0.0156. The van der Waals surface area contributed by atoms with Gasteiger partial charge in [-0.1, -0.05) is 12.6 Å². The molecule has 5 rings (SSSR count). The van der Waals surface area contributed by atoms with Gasteiger partial charge in [0.25, 0.3) is 0 Å². The zero-order valence-corrected chi connectivity index (χ0v) is 25.4. The smallest absolute Gasteiger partial charge is 0.354 e. The second-order valence-electron chi connectivity index (χ2n) is 10.6. The minimum atomic E-state index is -3.79. The summed E-state index contributed by atoms with van der Waals surface area (Å²) in [7, 11) is -2.46. The molecule has 1 amide bonds. The van der Waals surface area contributed by atoms with Crippen molar-refractivity contribution in [2.75, 3.05) is 47.9 Å². The molecule has 0 radical (unpaired) electrons. The van der Waals surface area contributed by atoms with Crippen molar-refractivity contribution in [2.24, 2.45) is 0 Å². The second-order valence-corrected chi connectivity index (χ2v) is 12.6. The molecule has 4 aromatic rings. The molecule has 1 fully saturated rings. The van der Waals surface area contributed by atoms with E-state index in [9.17, 15) is 18.0 Å². The normalized spacial score (nSPS) is 15.5. The number of amides is 1. The molecular weight excluding hydrogens is 592 g/mol. The Morgan fingerprint density at radius 2 is 1.91 bits per heavy atom. The Hall–Kier alpha value is -4.85. The molecule has 1 saturated heterocycles. The van der Waals surface area contributed by atoms with Gasteiger partial charge in [-0.25, -0.2) is 22.0 Å². The van der Waals surface area contributed by atoms with Crippen molar-refractivity contribution in [1.29, 1.82) is 0 Å². The maximum atomic E-state index is 16.0. The van der Waals surface area contributed by atoms with Crippen LogP contribution in [-0.2, 0) is 14.8 Å². The first-order valence-electron chi connectivity index (χ1n) is 13.6. The minimum Gasteiger partial charge on any atom is -0.398 e. The van der Waals surface area contributed by atoms with Crippen LogP contribution in [0.1, 0.15) is 12.6 Å². The number of nitrogen functional groups attached to an aromatic ring is 1. The average Bonchev–Trinajstić information content (AvgIpc) is 2.96. The SMILES string of the molecule is C=CC(=O)N1CCN(c2nc(=O)n(-c3c(N(C)S(C)(=O)=O)ccnc3C)c3cc(-c4c(N)cccc4F)c(F)cc23)[C@@H](C)C1. The molecule has 2 N–H and O–H groups in total. The number of nitrogens with zero attached hydrogens (tertiary/aromatic N) is 6. The van der Waals surface area contributed by atoms with Crippen LogP contribution in [0.4, 0.5) is 26.0 Å². The predicted molar refractivity (Wildman–Crippen MR) is 166 cm³/mol. The van der Waals surface area contributed by atoms with Gasteiger partial charge >= 0.3 is 5.69 Å². The van der Waals surface area contributed by atoms with Crippen molar-refractivity contribution < 1.29 is 22.0 Å². The van der Waals surface area contributed by atoms with Gasteiger partial charge in [-0.15, -0.1) is 0 Å². The number of hydrogen-bond acceptors (Lipinski definition) is 8. The van der Waals surface area contributed by atoms with E-state index >= 15 is 8.78 Å². The third-order valence-corrected chi connectivity index (χ3v) is 9.00. The largest absolute Gasteiger partial charge is 0.398 e. The number of aromatic nitrogens is 3. The van der Waals surface area contributed by atoms with Crippen molar-refractivity contribution in [2.45, 2.75) is 19.9 Å². The molecule has 0 saturated carbocycles. The van der Waals surface area contributed by atoms with Gasteiger partial charge in [0.15, 0.2) is 0 Å². The summed E-state index contributed by atoms with van der Waals surface area (Å²) in [6.07, 6.45) is 3.65. The van der Waals surface area contributed by atoms with Crippen LogP contribution in [-0.4, -0.2) is 72.7 Å². The topological polar surface area (TPSA) is 135 Å². The molecule has 44 heavy (non-hydrogen) atoms. The first-order valence-corrected chi connectivity index (χ1v) is 15.5. The maximum Gasteiger partial charge on any atom is 0.354 e. The van der Waals surface area contributed by atoms with Crippen molar-refractivity contribution in [1.82, 2.24) is 19.4 Å². The van der Waals surface area contributed by atoms with Crippen molar-refractivity contribution in [3.8, 4) is 16.8 Å². The highest BCUT2D eigenvalue weighted by Crippen LogP contribution is 2.38. The van der Waals surface area contributed by atoms with E-state index in [-0.39, 0.29) is 69.1 Å². The standard InChI is InChI=1S/C30H31F2N7O4S/c1-6-26(40)37-12-13-38(17(2)16-37)29-20-14-22(32)19(27-21(31)8-7-9-23(27)33)15-25(20)39(30(41)35-29)28-18(3)34-11-10-24(28)36(4)44(5,42)43/h6-11,14-15,17H,1,12-13,16,33H2,2-5H3/t17-/m0/s1. The van der Waals surface area contributed by atoms with Gasteiger partial charge in [-0.2, -0.15) is 4.98 Å². The van der Waals surface area contributed by atoms with E-state index in [0.29, 0.717) is 13.1 Å². The summed E-state index contributed by atoms with van der Waals surface area (Å²) in [5.74, 6) is -1.66. The third-order valence-electron chi connectivity index (χ3n) is 7.81. The Labute approximate surface area is 252 Å². The number of piperazine rings is 1. The first-order chi connectivity index (χ1) is 20.7. The molecule has 0 spiro atoms. The summed E-state index contributed by atoms with van der Waals surface area (Å²) < 4.78 is 58.4. The lowest BCUT2D eigenvalue weighted by molar-refractivity contribution is -0.126. The number of rotatable bonds is 6. The summed E-state index contributed by atoms with van der Waals surface area (Å²) in [6.45, 7) is 7.87. The molecule has 0 unspecified atom stereocenters. The molecule has 0 bridgehead atoms. The second kappa shape index (κ2) is 11.3. The average molecular weight is 624 g/mol. The van der Waals surface area contributed by atoms with E-state index in [4.69, 9.17) is 5.73 Å². The lowest BCUT2D eigenvalue weighted by atomic mass is 10.00. The van der Waals surface area contributed by atoms with Gasteiger partial charge in [0.05, 0.1) is 28.8 Å². The number of sulfonamides is 1. The molecule has 2 aromatic heterocycles. The van der Waals surface area contributed by atoms with Crippen LogP contribution in [0.2, 0.25) is 0 Å². The lowest BCUT2D eigenvalue weighted by Gasteiger charge is -2.40. The molecule has 14 heteroatoms. The van der Waals surface area contributed by atoms with E-state index in [1.807, 2.05) is 6.92 Å². The molecule has 1 atom stereocenters. The molecular formula is C30H31F2N7O4S. The lowest BCUT2D eigenvalue weighted by Crippen LogP contribution is -2.54. The summed E-state index contributed by atoms with van der Waals surface area (Å²) in [4.78, 5) is 38.4. The Balaban J connectivity index is 1.86. The monoisotopic (exact) mass is 623 g/mol. The van der Waals surface area contributed by atoms with Gasteiger partial charge in [0.1, 0.15) is 17.5 Å². The highest BCUT2D eigenvalue weighted by molar-refractivity contribution is 7.92. The van der Waals surface area contributed by atoms with Crippen LogP contribution >= 0.6 is 0 Å². The van der Waals surface area contributed by atoms with Crippen LogP contribution in [0, 0.1) is 18.6 Å². The molecule has 0 aliphatic carbocycles. The van der Waals surface area contributed by atoms with Crippen LogP contribution in [0.25, 0.3) is 27.7 Å². The fourth-order valence-electron chi connectivity index (χ4n) is 5.54. The number of carbonyl (C=O) groups excluding carboxylic acids is 1. The Morgan fingerprint density at radius 1 is 1.18 bits per heavy atom. The molecule has 11 nitrogen and oxygen atoms in total. The third kappa shape index (κ3) is 5.25. The molecule has 1 aliphatic heterocycles. The van der Waals surface area contributed by atoms with E-state index < -0.39 is 27.3 Å². The quantitative estimate of drug-likeness (QED) is 0.256. The van der Waals surface area contributed by atoms with E-state index in [1.54, 1.807) is 16.7 Å². The number of benzene rings is 2. The summed E-state index contributed by atoms with van der Waals surface area (Å²) in [5, 5.41) is 0.201. The fourth-order valence-corrected chi connectivity index (χ4v) is 6.04. The zero-order chi connectivity index (χ0) is 32.1. The van der Waals surface area contributed by atoms with Crippen LogP contribution in [0.5, 0.6) is 0 Å². The van der Waals surface area contributed by atoms with Crippen molar-refractivity contribution >= 4 is 44.0 Å². The zero-order valence-electron chi connectivity index (χ0n) is 24.6. The number of nitrogens with two attached hydrogens (primary N) is 1. The Morgan fingerprint density at radius 3 is 2.55 bits per heavy atom. The van der Waals surface area contributed by atoms with Crippen molar-refractivity contribution in [3.63, 3.8) is 0 Å². The first kappa shape index (κ1) is 30.6. The summed E-state index contributed by atoms with van der Waals surface area (Å²) in [6, 6.07) is 7.57. The Kier molecular flexibility index (Phi) is 7.88. The van der Waals surface area contributed by atoms with Crippen molar-refractivity contribution in [3.05, 3.63) is 83.1 Å². The maximum absolute atomic E-state index is 16.0. The number of pyridine rings is 1. The molecule has 3 heterocycles. The van der Waals surface area contributed by atoms with E-state index in [0.717, 1.165) is 27.3 Å². The number of fused-ring (bicyclic) bond motifs is 1.